The Bertz CT molecular complexity index is 756. The molecule has 0 aliphatic carbocycles. The molecule has 3 N–H and O–H groups in total. The van der Waals surface area contributed by atoms with Crippen LogP contribution in [-0.4, -0.2) is 63.9 Å². The normalized spacial score (nSPS) is 17.8. The molecule has 1 fully saturated rings. The van der Waals surface area contributed by atoms with Crippen molar-refractivity contribution in [3.63, 3.8) is 0 Å². The first-order valence-electron chi connectivity index (χ1n) is 8.44. The van der Waals surface area contributed by atoms with E-state index in [1.54, 1.807) is 13.0 Å². The third-order valence-electron chi connectivity index (χ3n) is 4.43. The third kappa shape index (κ3) is 5.38. The number of piperazine rings is 1. The van der Waals surface area contributed by atoms with Crippen LogP contribution in [0.1, 0.15) is 12.5 Å². The van der Waals surface area contributed by atoms with Crippen LogP contribution < -0.4 is 15.5 Å². The van der Waals surface area contributed by atoms with Gasteiger partial charge in [0.1, 0.15) is 0 Å². The number of hydrogen-bond donors (Lipinski definition) is 3. The van der Waals surface area contributed by atoms with Crippen LogP contribution in [0.2, 0.25) is 0 Å². The van der Waals surface area contributed by atoms with Crippen LogP contribution in [0.15, 0.2) is 35.7 Å². The van der Waals surface area contributed by atoms with Crippen molar-refractivity contribution < 1.29 is 22.9 Å². The molecule has 0 spiro atoms. The van der Waals surface area contributed by atoms with Crippen LogP contribution in [-0.2, 0) is 14.8 Å². The average Bonchev–Trinajstić information content (AvgIpc) is 2.66. The van der Waals surface area contributed by atoms with Crippen molar-refractivity contribution in [2.45, 2.75) is 13.0 Å². The molecular weight excluding hydrogens is 356 g/mol. The van der Waals surface area contributed by atoms with Crippen molar-refractivity contribution in [2.24, 2.45) is 0 Å². The standard InChI is InChI=1S/C17H24N4O4S/c1-14(16(22)19-17(23)18-2)20-9-11-21(12-10-20)26(24,25)13-8-15-6-4-3-5-7-15/h3-8,13-14H,9-12H2,1-2H3,(H2,18,19,22,23)/p+1/b13-8+/t14-/m1/s1. The smallest absolute Gasteiger partial charge is 0.321 e. The molecule has 26 heavy (non-hydrogen) atoms. The Morgan fingerprint density at radius 2 is 1.81 bits per heavy atom. The molecule has 0 unspecified atom stereocenters. The number of hydrogen-bond acceptors (Lipinski definition) is 4. The highest BCUT2D eigenvalue weighted by Gasteiger charge is 2.33. The summed E-state index contributed by atoms with van der Waals surface area (Å²) in [5.41, 5.74) is 0.819. The summed E-state index contributed by atoms with van der Waals surface area (Å²) in [6.07, 6.45) is 1.58. The molecular formula is C17H25N4O4S+. The van der Waals surface area contributed by atoms with Gasteiger partial charge in [-0.15, -0.1) is 0 Å². The third-order valence-corrected chi connectivity index (χ3v) is 5.99. The summed E-state index contributed by atoms with van der Waals surface area (Å²) in [5, 5.41) is 5.80. The Balaban J connectivity index is 1.91. The number of benzene rings is 1. The van der Waals surface area contributed by atoms with Gasteiger partial charge < -0.3 is 10.2 Å². The summed E-state index contributed by atoms with van der Waals surface area (Å²) < 4.78 is 26.3. The SMILES string of the molecule is CNC(=O)NC(=O)[C@@H](C)[NH+]1CCN(S(=O)(=O)/C=C/c2ccccc2)CC1. The molecule has 8 nitrogen and oxygen atoms in total. The second kappa shape index (κ2) is 8.93. The maximum absolute atomic E-state index is 12.5. The number of sulfonamides is 1. The van der Waals surface area contributed by atoms with Gasteiger partial charge in [-0.2, -0.15) is 4.31 Å². The molecule has 1 aliphatic rings. The molecule has 1 heterocycles. The average molecular weight is 381 g/mol. The monoisotopic (exact) mass is 381 g/mol. The lowest BCUT2D eigenvalue weighted by molar-refractivity contribution is -0.917. The molecule has 0 radical (unpaired) electrons. The first kappa shape index (κ1) is 20.1. The Morgan fingerprint density at radius 3 is 2.38 bits per heavy atom. The summed E-state index contributed by atoms with van der Waals surface area (Å²) in [6.45, 7) is 3.39. The van der Waals surface area contributed by atoms with Gasteiger partial charge in [-0.25, -0.2) is 13.2 Å². The van der Waals surface area contributed by atoms with Crippen LogP contribution in [0.5, 0.6) is 0 Å². The molecule has 0 aromatic heterocycles. The van der Waals surface area contributed by atoms with E-state index in [9.17, 15) is 18.0 Å². The number of carbonyl (C=O) groups excluding carboxylic acids is 2. The fourth-order valence-corrected chi connectivity index (χ4v) is 3.94. The van der Waals surface area contributed by atoms with Crippen molar-refractivity contribution in [3.8, 4) is 0 Å². The molecule has 0 bridgehead atoms. The zero-order valence-electron chi connectivity index (χ0n) is 14.9. The molecule has 2 rings (SSSR count). The second-order valence-electron chi connectivity index (χ2n) is 6.11. The van der Waals surface area contributed by atoms with Crippen LogP contribution in [0.3, 0.4) is 0 Å². The quantitative estimate of drug-likeness (QED) is 0.611. The first-order chi connectivity index (χ1) is 12.3. The number of urea groups is 1. The first-order valence-corrected chi connectivity index (χ1v) is 9.94. The number of quaternary nitrogens is 1. The van der Waals surface area contributed by atoms with E-state index in [-0.39, 0.29) is 5.91 Å². The van der Waals surface area contributed by atoms with Crippen molar-refractivity contribution in [2.75, 3.05) is 33.2 Å². The van der Waals surface area contributed by atoms with Gasteiger partial charge in [-0.3, -0.25) is 10.1 Å². The van der Waals surface area contributed by atoms with Crippen LogP contribution in [0.25, 0.3) is 6.08 Å². The number of imide groups is 1. The Labute approximate surface area is 153 Å². The van der Waals surface area contributed by atoms with Gasteiger partial charge >= 0.3 is 6.03 Å². The predicted molar refractivity (Wildman–Crippen MR) is 98.7 cm³/mol. The lowest BCUT2D eigenvalue weighted by atomic mass is 10.2. The number of nitrogens with zero attached hydrogens (tertiary/aromatic N) is 1. The highest BCUT2D eigenvalue weighted by atomic mass is 32.2. The van der Waals surface area contributed by atoms with E-state index in [4.69, 9.17) is 0 Å². The fourth-order valence-electron chi connectivity index (χ4n) is 2.74. The van der Waals surface area contributed by atoms with Gasteiger partial charge in [-0.1, -0.05) is 30.3 Å². The van der Waals surface area contributed by atoms with Crippen LogP contribution in [0.4, 0.5) is 4.79 Å². The highest BCUT2D eigenvalue weighted by Crippen LogP contribution is 2.08. The van der Waals surface area contributed by atoms with Gasteiger partial charge in [0.05, 0.1) is 26.2 Å². The van der Waals surface area contributed by atoms with Gasteiger partial charge in [0, 0.05) is 12.5 Å². The van der Waals surface area contributed by atoms with Crippen LogP contribution in [0, 0.1) is 0 Å². The van der Waals surface area contributed by atoms with E-state index in [0.29, 0.717) is 26.2 Å². The van der Waals surface area contributed by atoms with Gasteiger partial charge in [0.15, 0.2) is 6.04 Å². The lowest BCUT2D eigenvalue weighted by Crippen LogP contribution is -3.19. The number of carbonyl (C=O) groups is 2. The summed E-state index contributed by atoms with van der Waals surface area (Å²) in [5.74, 6) is -0.375. The molecule has 1 saturated heterocycles. The molecule has 142 valence electrons. The molecule has 9 heteroatoms. The molecule has 1 aromatic rings. The molecule has 0 saturated carbocycles. The summed E-state index contributed by atoms with van der Waals surface area (Å²) >= 11 is 0. The fraction of sp³-hybridized carbons (Fsp3) is 0.412. The lowest BCUT2D eigenvalue weighted by Gasteiger charge is -2.33. The van der Waals surface area contributed by atoms with Crippen molar-refractivity contribution in [1.82, 2.24) is 14.9 Å². The van der Waals surface area contributed by atoms with Crippen molar-refractivity contribution in [1.29, 1.82) is 0 Å². The summed E-state index contributed by atoms with van der Waals surface area (Å²) in [4.78, 5) is 24.2. The van der Waals surface area contributed by atoms with Gasteiger partial charge in [-0.05, 0) is 18.6 Å². The van der Waals surface area contributed by atoms with Gasteiger partial charge in [0.2, 0.25) is 10.0 Å². The topological polar surface area (TPSA) is 100 Å². The minimum Gasteiger partial charge on any atom is -0.341 e. The summed E-state index contributed by atoms with van der Waals surface area (Å²) in [7, 11) is -2.06. The van der Waals surface area contributed by atoms with E-state index in [2.05, 4.69) is 10.6 Å². The number of nitrogens with one attached hydrogen (secondary N) is 3. The minimum absolute atomic E-state index is 0.328. The zero-order valence-corrected chi connectivity index (χ0v) is 15.8. The van der Waals surface area contributed by atoms with Gasteiger partial charge in [0.25, 0.3) is 5.91 Å². The van der Waals surface area contributed by atoms with E-state index in [1.165, 1.54) is 16.8 Å². The summed E-state index contributed by atoms with van der Waals surface area (Å²) in [6, 6.07) is 8.25. The molecule has 1 aliphatic heterocycles. The van der Waals surface area contributed by atoms with E-state index < -0.39 is 22.1 Å². The largest absolute Gasteiger partial charge is 0.341 e. The maximum Gasteiger partial charge on any atom is 0.321 e. The Hall–Kier alpha value is -2.23. The maximum atomic E-state index is 12.5. The van der Waals surface area contributed by atoms with Crippen molar-refractivity contribution >= 4 is 28.0 Å². The zero-order chi connectivity index (χ0) is 19.2. The second-order valence-corrected chi connectivity index (χ2v) is 7.92. The van der Waals surface area contributed by atoms with Crippen LogP contribution >= 0.6 is 0 Å². The Kier molecular flexibility index (Phi) is 6.90. The van der Waals surface area contributed by atoms with Crippen molar-refractivity contribution in [3.05, 3.63) is 41.3 Å². The Morgan fingerprint density at radius 1 is 1.19 bits per heavy atom. The van der Waals surface area contributed by atoms with E-state index in [0.717, 1.165) is 10.5 Å². The highest BCUT2D eigenvalue weighted by molar-refractivity contribution is 7.92. The molecule has 3 amide bonds. The number of amides is 3. The molecule has 1 aromatic carbocycles. The molecule has 1 atom stereocenters. The van der Waals surface area contributed by atoms with E-state index in [1.807, 2.05) is 30.3 Å². The minimum atomic E-state index is -3.50. The predicted octanol–water partition coefficient (Wildman–Crippen LogP) is -0.968. The number of rotatable bonds is 5. The van der Waals surface area contributed by atoms with E-state index >= 15 is 0 Å².